The average molecular weight is 434 g/mol. The molecule has 3 aromatic rings. The van der Waals surface area contributed by atoms with Crippen molar-refractivity contribution in [1.29, 1.82) is 0 Å². The number of aliphatic carboxylic acids is 1. The summed E-state index contributed by atoms with van der Waals surface area (Å²) in [6, 6.07) is 5.41. The van der Waals surface area contributed by atoms with E-state index in [1.54, 1.807) is 0 Å². The maximum Gasteiger partial charge on any atom is 0.322 e. The molecule has 0 aliphatic rings. The van der Waals surface area contributed by atoms with Gasteiger partial charge in [0.2, 0.25) is 5.91 Å². The lowest BCUT2D eigenvalue weighted by molar-refractivity contribution is -0.138. The van der Waals surface area contributed by atoms with Crippen LogP contribution in [0.2, 0.25) is 0 Å². The first-order chi connectivity index (χ1) is 14.5. The van der Waals surface area contributed by atoms with E-state index in [1.807, 2.05) is 0 Å². The predicted octanol–water partition coefficient (Wildman–Crippen LogP) is 3.07. The fourth-order valence-corrected chi connectivity index (χ4v) is 3.50. The lowest BCUT2D eigenvalue weighted by Gasteiger charge is -2.13. The third-order valence-electron chi connectivity index (χ3n) is 4.92. The van der Waals surface area contributed by atoms with Gasteiger partial charge in [0, 0.05) is 22.7 Å². The summed E-state index contributed by atoms with van der Waals surface area (Å²) in [6.45, 7) is 2.03. The summed E-state index contributed by atoms with van der Waals surface area (Å²) in [4.78, 5) is 36.2. The molecule has 2 aromatic carbocycles. The van der Waals surface area contributed by atoms with Crippen molar-refractivity contribution in [2.45, 2.75) is 19.8 Å². The lowest BCUT2D eigenvalue weighted by Crippen LogP contribution is -2.32. The zero-order valence-electron chi connectivity index (χ0n) is 16.4. The molecule has 0 bridgehead atoms. The SMILES string of the molecule is Cc1c([C@@H](C)C(=O)NCC(=O)O)c2c(F)c(O)c(F)cc2n1C(=O)c1cccc(F)c1. The van der Waals surface area contributed by atoms with Crippen LogP contribution in [0.5, 0.6) is 5.75 Å². The van der Waals surface area contributed by atoms with E-state index in [0.29, 0.717) is 0 Å². The Morgan fingerprint density at radius 3 is 2.45 bits per heavy atom. The van der Waals surface area contributed by atoms with Crippen LogP contribution in [-0.2, 0) is 9.59 Å². The average Bonchev–Trinajstić information content (AvgIpc) is 3.00. The van der Waals surface area contributed by atoms with Crippen LogP contribution in [0.1, 0.15) is 34.5 Å². The van der Waals surface area contributed by atoms with Gasteiger partial charge >= 0.3 is 5.97 Å². The number of nitrogens with zero attached hydrogens (tertiary/aromatic N) is 1. The smallest absolute Gasteiger partial charge is 0.322 e. The van der Waals surface area contributed by atoms with E-state index in [-0.39, 0.29) is 27.7 Å². The van der Waals surface area contributed by atoms with Gasteiger partial charge < -0.3 is 15.5 Å². The van der Waals surface area contributed by atoms with E-state index in [4.69, 9.17) is 5.11 Å². The zero-order valence-corrected chi connectivity index (χ0v) is 16.4. The Morgan fingerprint density at radius 1 is 1.16 bits per heavy atom. The Hall–Kier alpha value is -3.82. The van der Waals surface area contributed by atoms with Crippen molar-refractivity contribution in [3.63, 3.8) is 0 Å². The monoisotopic (exact) mass is 434 g/mol. The van der Waals surface area contributed by atoms with Crippen molar-refractivity contribution in [2.75, 3.05) is 6.54 Å². The van der Waals surface area contributed by atoms with Crippen LogP contribution in [0.15, 0.2) is 30.3 Å². The van der Waals surface area contributed by atoms with Crippen LogP contribution in [0.3, 0.4) is 0 Å². The fraction of sp³-hybridized carbons (Fsp3) is 0.190. The molecule has 1 aromatic heterocycles. The molecule has 162 valence electrons. The normalized spacial score (nSPS) is 12.0. The first kappa shape index (κ1) is 21.9. The predicted molar refractivity (Wildman–Crippen MR) is 103 cm³/mol. The second-order valence-corrected chi connectivity index (χ2v) is 6.90. The Kier molecular flexibility index (Phi) is 5.74. The van der Waals surface area contributed by atoms with Crippen molar-refractivity contribution in [2.24, 2.45) is 0 Å². The van der Waals surface area contributed by atoms with E-state index < -0.39 is 53.4 Å². The van der Waals surface area contributed by atoms with Gasteiger partial charge in [-0.1, -0.05) is 6.07 Å². The maximum absolute atomic E-state index is 14.9. The summed E-state index contributed by atoms with van der Waals surface area (Å²) >= 11 is 0. The van der Waals surface area contributed by atoms with Gasteiger partial charge in [0.15, 0.2) is 17.4 Å². The highest BCUT2D eigenvalue weighted by molar-refractivity contribution is 6.06. The molecule has 7 nitrogen and oxygen atoms in total. The molecule has 0 saturated carbocycles. The number of carbonyl (C=O) groups excluding carboxylic acids is 2. The van der Waals surface area contributed by atoms with E-state index in [2.05, 4.69) is 5.32 Å². The van der Waals surface area contributed by atoms with Gasteiger partial charge in [-0.25, -0.2) is 13.2 Å². The molecule has 10 heteroatoms. The molecule has 1 amide bonds. The number of hydrogen-bond donors (Lipinski definition) is 3. The minimum atomic E-state index is -1.38. The summed E-state index contributed by atoms with van der Waals surface area (Å²) in [5.74, 6) is -8.75. The summed E-state index contributed by atoms with van der Waals surface area (Å²) in [7, 11) is 0. The van der Waals surface area contributed by atoms with Crippen LogP contribution >= 0.6 is 0 Å². The number of halogens is 3. The first-order valence-corrected chi connectivity index (χ1v) is 9.06. The zero-order chi connectivity index (χ0) is 23.0. The Balaban J connectivity index is 2.27. The second kappa shape index (κ2) is 8.13. The Morgan fingerprint density at radius 2 is 1.84 bits per heavy atom. The molecule has 0 aliphatic heterocycles. The Bertz CT molecular complexity index is 1240. The van der Waals surface area contributed by atoms with Crippen molar-refractivity contribution in [3.8, 4) is 5.75 Å². The number of carboxylic acid groups (broad SMARTS) is 1. The summed E-state index contributed by atoms with van der Waals surface area (Å²) in [5, 5.41) is 20.3. The molecular weight excluding hydrogens is 417 g/mol. The number of rotatable bonds is 5. The highest BCUT2D eigenvalue weighted by Crippen LogP contribution is 2.38. The third kappa shape index (κ3) is 3.83. The molecule has 0 saturated heterocycles. The minimum Gasteiger partial charge on any atom is -0.503 e. The molecule has 0 fully saturated rings. The van der Waals surface area contributed by atoms with Gasteiger partial charge in [-0.3, -0.25) is 19.0 Å². The number of nitrogens with one attached hydrogen (secondary N) is 1. The van der Waals surface area contributed by atoms with Gasteiger partial charge in [0.05, 0.1) is 11.4 Å². The molecule has 1 atom stereocenters. The molecule has 1 heterocycles. The number of benzene rings is 2. The molecule has 0 spiro atoms. The van der Waals surface area contributed by atoms with Gasteiger partial charge in [0.25, 0.3) is 5.91 Å². The molecule has 3 rings (SSSR count). The van der Waals surface area contributed by atoms with Gasteiger partial charge in [-0.05, 0) is 37.6 Å². The van der Waals surface area contributed by atoms with Gasteiger partial charge in [-0.15, -0.1) is 0 Å². The van der Waals surface area contributed by atoms with E-state index >= 15 is 0 Å². The number of hydrogen-bond acceptors (Lipinski definition) is 4. The van der Waals surface area contributed by atoms with E-state index in [9.17, 15) is 32.7 Å². The first-order valence-electron chi connectivity index (χ1n) is 9.06. The molecular formula is C21H17F3N2O5. The summed E-state index contributed by atoms with van der Waals surface area (Å²) < 4.78 is 43.5. The molecule has 0 radical (unpaired) electrons. The number of carbonyl (C=O) groups is 3. The number of amides is 1. The van der Waals surface area contributed by atoms with Crippen molar-refractivity contribution in [3.05, 3.63) is 64.6 Å². The van der Waals surface area contributed by atoms with Crippen LogP contribution in [0.25, 0.3) is 10.9 Å². The quantitative estimate of drug-likeness (QED) is 0.572. The minimum absolute atomic E-state index is 0.0459. The molecule has 31 heavy (non-hydrogen) atoms. The topological polar surface area (TPSA) is 109 Å². The van der Waals surface area contributed by atoms with Crippen molar-refractivity contribution >= 4 is 28.7 Å². The van der Waals surface area contributed by atoms with Crippen LogP contribution in [0, 0.1) is 24.4 Å². The number of aromatic nitrogens is 1. The molecule has 3 N–H and O–H groups in total. The van der Waals surface area contributed by atoms with Crippen LogP contribution < -0.4 is 5.32 Å². The lowest BCUT2D eigenvalue weighted by atomic mass is 9.96. The summed E-state index contributed by atoms with van der Waals surface area (Å²) in [6.07, 6.45) is 0. The van der Waals surface area contributed by atoms with Gasteiger partial charge in [-0.2, -0.15) is 0 Å². The van der Waals surface area contributed by atoms with E-state index in [0.717, 1.165) is 22.8 Å². The van der Waals surface area contributed by atoms with Crippen molar-refractivity contribution in [1.82, 2.24) is 9.88 Å². The fourth-order valence-electron chi connectivity index (χ4n) is 3.50. The van der Waals surface area contributed by atoms with Crippen LogP contribution in [-0.4, -0.2) is 39.1 Å². The summed E-state index contributed by atoms with van der Waals surface area (Å²) in [5.41, 5.74) is -0.377. The number of phenols is 1. The molecule has 0 aliphatic carbocycles. The van der Waals surface area contributed by atoms with Gasteiger partial charge in [0.1, 0.15) is 12.4 Å². The second-order valence-electron chi connectivity index (χ2n) is 6.90. The maximum atomic E-state index is 14.9. The third-order valence-corrected chi connectivity index (χ3v) is 4.92. The van der Waals surface area contributed by atoms with E-state index in [1.165, 1.54) is 26.0 Å². The standard InChI is InChI=1S/C21H17F3N2O5/c1-9(20(30)25-8-15(27)28)16-10(2)26(21(31)11-4-3-5-12(22)6-11)14-7-13(23)19(29)18(24)17(14)16/h3-7,9,29H,8H2,1-2H3,(H,25,30)(H,27,28)/t9-/m1/s1. The Labute approximate surface area is 173 Å². The number of fused-ring (bicyclic) bond motifs is 1. The number of aromatic hydroxyl groups is 1. The van der Waals surface area contributed by atoms with Crippen molar-refractivity contribution < 1.29 is 37.8 Å². The largest absolute Gasteiger partial charge is 0.503 e. The van der Waals surface area contributed by atoms with Crippen LogP contribution in [0.4, 0.5) is 13.2 Å². The highest BCUT2D eigenvalue weighted by atomic mass is 19.1. The number of carboxylic acids is 1. The molecule has 0 unspecified atom stereocenters. The highest BCUT2D eigenvalue weighted by Gasteiger charge is 2.30. The number of phenolic OH excluding ortho intramolecular Hbond substituents is 1.